The molecule has 1 aromatic carbocycles. The highest BCUT2D eigenvalue weighted by molar-refractivity contribution is 5.14. The van der Waals surface area contributed by atoms with Crippen LogP contribution in [-0.4, -0.2) is 18.1 Å². The molecule has 2 aromatic rings. The average molecular weight is 254 g/mol. The summed E-state index contributed by atoms with van der Waals surface area (Å²) in [5, 5.41) is 3.50. The number of rotatable bonds is 8. The summed E-state index contributed by atoms with van der Waals surface area (Å²) in [5.41, 5.74) is 2.75. The van der Waals surface area contributed by atoms with E-state index in [1.807, 2.05) is 18.5 Å². The summed E-state index contributed by atoms with van der Waals surface area (Å²) in [6.45, 7) is 2.17. The van der Waals surface area contributed by atoms with Gasteiger partial charge < -0.3 is 5.32 Å². The van der Waals surface area contributed by atoms with Gasteiger partial charge >= 0.3 is 0 Å². The van der Waals surface area contributed by atoms with Crippen LogP contribution in [0.5, 0.6) is 0 Å². The van der Waals surface area contributed by atoms with Gasteiger partial charge in [0.2, 0.25) is 0 Å². The molecule has 2 heteroatoms. The van der Waals surface area contributed by atoms with Gasteiger partial charge in [-0.25, -0.2) is 0 Å². The predicted octanol–water partition coefficient (Wildman–Crippen LogP) is 3.24. The molecule has 0 amide bonds. The van der Waals surface area contributed by atoms with Gasteiger partial charge in [-0.2, -0.15) is 0 Å². The van der Waals surface area contributed by atoms with Crippen molar-refractivity contribution in [1.82, 2.24) is 10.3 Å². The Bertz CT molecular complexity index is 396. The van der Waals surface area contributed by atoms with Gasteiger partial charge in [-0.05, 0) is 56.0 Å². The molecule has 0 saturated heterocycles. The number of pyridine rings is 1. The first-order chi connectivity index (χ1) is 9.45. The van der Waals surface area contributed by atoms with E-state index in [1.54, 1.807) is 0 Å². The van der Waals surface area contributed by atoms with Crippen LogP contribution >= 0.6 is 0 Å². The summed E-state index contributed by atoms with van der Waals surface area (Å²) in [4.78, 5) is 4.13. The number of nitrogens with zero attached hydrogens (tertiary/aromatic N) is 1. The van der Waals surface area contributed by atoms with Crippen molar-refractivity contribution in [1.29, 1.82) is 0 Å². The van der Waals surface area contributed by atoms with Gasteiger partial charge in [0, 0.05) is 12.4 Å². The molecule has 0 aliphatic rings. The zero-order chi connectivity index (χ0) is 13.2. The lowest BCUT2D eigenvalue weighted by atomic mass is 10.1. The summed E-state index contributed by atoms with van der Waals surface area (Å²) in [6, 6.07) is 14.8. The van der Waals surface area contributed by atoms with Crippen LogP contribution in [0, 0.1) is 0 Å². The van der Waals surface area contributed by atoms with Crippen molar-refractivity contribution in [3.63, 3.8) is 0 Å². The van der Waals surface area contributed by atoms with Crippen molar-refractivity contribution >= 4 is 0 Å². The molecule has 0 aliphatic carbocycles. The van der Waals surface area contributed by atoms with Crippen LogP contribution in [0.4, 0.5) is 0 Å². The lowest BCUT2D eigenvalue weighted by Crippen LogP contribution is -2.18. The Kier molecular flexibility index (Phi) is 6.11. The van der Waals surface area contributed by atoms with Crippen LogP contribution in [0.3, 0.4) is 0 Å². The monoisotopic (exact) mass is 254 g/mol. The number of aromatic nitrogens is 1. The molecular weight excluding hydrogens is 232 g/mol. The Labute approximate surface area is 115 Å². The second kappa shape index (κ2) is 8.44. The van der Waals surface area contributed by atoms with E-state index in [1.165, 1.54) is 24.0 Å². The molecule has 0 unspecified atom stereocenters. The smallest absolute Gasteiger partial charge is 0.0299 e. The van der Waals surface area contributed by atoms with Crippen LogP contribution in [0.15, 0.2) is 54.9 Å². The standard InChI is InChI=1S/C17H22N2/c1-2-7-16(8-3-1)11-14-18-12-5-4-9-17-10-6-13-19-15-17/h1-3,6-8,10,13,15,18H,4-5,9,11-12,14H2. The molecular formula is C17H22N2. The molecule has 0 fully saturated rings. The van der Waals surface area contributed by atoms with Gasteiger partial charge in [0.05, 0.1) is 0 Å². The quantitative estimate of drug-likeness (QED) is 0.732. The summed E-state index contributed by atoms with van der Waals surface area (Å²) >= 11 is 0. The number of aryl methyl sites for hydroxylation is 1. The second-order valence-electron chi connectivity index (χ2n) is 4.80. The van der Waals surface area contributed by atoms with Crippen LogP contribution in [-0.2, 0) is 12.8 Å². The molecule has 0 saturated carbocycles. The minimum absolute atomic E-state index is 1.07. The van der Waals surface area contributed by atoms with Gasteiger partial charge in [0.15, 0.2) is 0 Å². The van der Waals surface area contributed by atoms with Crippen molar-refractivity contribution in [2.24, 2.45) is 0 Å². The predicted molar refractivity (Wildman–Crippen MR) is 80.2 cm³/mol. The lowest BCUT2D eigenvalue weighted by Gasteiger charge is -2.05. The van der Waals surface area contributed by atoms with Crippen molar-refractivity contribution < 1.29 is 0 Å². The average Bonchev–Trinajstić information content (AvgIpc) is 2.48. The van der Waals surface area contributed by atoms with E-state index >= 15 is 0 Å². The van der Waals surface area contributed by atoms with E-state index in [-0.39, 0.29) is 0 Å². The minimum atomic E-state index is 1.07. The number of hydrogen-bond acceptors (Lipinski definition) is 2. The molecule has 0 bridgehead atoms. The highest BCUT2D eigenvalue weighted by atomic mass is 14.8. The molecule has 1 aromatic heterocycles. The van der Waals surface area contributed by atoms with Crippen LogP contribution in [0.1, 0.15) is 24.0 Å². The number of unbranched alkanes of at least 4 members (excludes halogenated alkanes) is 1. The SMILES string of the molecule is c1ccc(CCNCCCCc2cccnc2)cc1. The van der Waals surface area contributed by atoms with Gasteiger partial charge in [0.25, 0.3) is 0 Å². The fraction of sp³-hybridized carbons (Fsp3) is 0.353. The maximum Gasteiger partial charge on any atom is 0.0299 e. The van der Waals surface area contributed by atoms with Crippen LogP contribution in [0.2, 0.25) is 0 Å². The van der Waals surface area contributed by atoms with E-state index < -0.39 is 0 Å². The van der Waals surface area contributed by atoms with E-state index in [9.17, 15) is 0 Å². The lowest BCUT2D eigenvalue weighted by molar-refractivity contribution is 0.622. The Morgan fingerprint density at radius 3 is 2.42 bits per heavy atom. The zero-order valence-corrected chi connectivity index (χ0v) is 11.4. The topological polar surface area (TPSA) is 24.9 Å². The summed E-state index contributed by atoms with van der Waals surface area (Å²) in [5.74, 6) is 0. The molecule has 0 aliphatic heterocycles. The number of nitrogens with one attached hydrogen (secondary N) is 1. The van der Waals surface area contributed by atoms with E-state index in [0.29, 0.717) is 0 Å². The Balaban J connectivity index is 1.49. The summed E-state index contributed by atoms with van der Waals surface area (Å²) < 4.78 is 0. The van der Waals surface area contributed by atoms with Gasteiger partial charge in [-0.15, -0.1) is 0 Å². The van der Waals surface area contributed by atoms with Gasteiger partial charge in [-0.3, -0.25) is 4.98 Å². The third-order valence-corrected chi connectivity index (χ3v) is 3.23. The molecule has 0 spiro atoms. The fourth-order valence-electron chi connectivity index (χ4n) is 2.13. The van der Waals surface area contributed by atoms with Crippen molar-refractivity contribution in [3.05, 3.63) is 66.0 Å². The number of benzene rings is 1. The van der Waals surface area contributed by atoms with Crippen molar-refractivity contribution in [2.45, 2.75) is 25.7 Å². The molecule has 1 N–H and O–H groups in total. The Hall–Kier alpha value is -1.67. The molecule has 1 heterocycles. The van der Waals surface area contributed by atoms with Gasteiger partial charge in [0.1, 0.15) is 0 Å². The third kappa shape index (κ3) is 5.66. The summed E-state index contributed by atoms with van der Waals surface area (Å²) in [7, 11) is 0. The minimum Gasteiger partial charge on any atom is -0.316 e. The highest BCUT2D eigenvalue weighted by Gasteiger charge is 1.94. The third-order valence-electron chi connectivity index (χ3n) is 3.23. The first kappa shape index (κ1) is 13.8. The van der Waals surface area contributed by atoms with Crippen LogP contribution < -0.4 is 5.32 Å². The molecule has 0 atom stereocenters. The van der Waals surface area contributed by atoms with E-state index in [0.717, 1.165) is 25.9 Å². The fourth-order valence-corrected chi connectivity index (χ4v) is 2.13. The zero-order valence-electron chi connectivity index (χ0n) is 11.4. The molecule has 2 rings (SSSR count). The first-order valence-corrected chi connectivity index (χ1v) is 7.09. The maximum atomic E-state index is 4.13. The Morgan fingerprint density at radius 2 is 1.63 bits per heavy atom. The normalized spacial score (nSPS) is 10.5. The van der Waals surface area contributed by atoms with E-state index in [4.69, 9.17) is 0 Å². The largest absolute Gasteiger partial charge is 0.316 e. The van der Waals surface area contributed by atoms with Crippen LogP contribution in [0.25, 0.3) is 0 Å². The van der Waals surface area contributed by atoms with Gasteiger partial charge in [-0.1, -0.05) is 36.4 Å². The molecule has 100 valence electrons. The number of hydrogen-bond donors (Lipinski definition) is 1. The highest BCUT2D eigenvalue weighted by Crippen LogP contribution is 2.02. The maximum absolute atomic E-state index is 4.13. The molecule has 2 nitrogen and oxygen atoms in total. The molecule has 19 heavy (non-hydrogen) atoms. The van der Waals surface area contributed by atoms with Crippen molar-refractivity contribution in [3.8, 4) is 0 Å². The first-order valence-electron chi connectivity index (χ1n) is 7.09. The van der Waals surface area contributed by atoms with E-state index in [2.05, 4.69) is 46.7 Å². The molecule has 0 radical (unpaired) electrons. The summed E-state index contributed by atoms with van der Waals surface area (Å²) in [6.07, 6.45) is 8.49. The second-order valence-corrected chi connectivity index (χ2v) is 4.80. The van der Waals surface area contributed by atoms with Crippen molar-refractivity contribution in [2.75, 3.05) is 13.1 Å². The Morgan fingerprint density at radius 1 is 0.789 bits per heavy atom.